The standard InChI is InChI=1S/C15H19N5O2/c1-10-6-5-7-11(8-10)13(21)20(18-15(2,3)4)14(22)12-9-16-19-17-12/h5-9,18H,1-4H3,(H,16,17,19). The molecule has 7 heteroatoms. The maximum atomic E-state index is 12.7. The molecule has 0 saturated carbocycles. The third-order valence-corrected chi connectivity index (χ3v) is 2.75. The zero-order valence-corrected chi connectivity index (χ0v) is 13.0. The van der Waals surface area contributed by atoms with Gasteiger partial charge in [0.2, 0.25) is 0 Å². The van der Waals surface area contributed by atoms with Gasteiger partial charge < -0.3 is 0 Å². The van der Waals surface area contributed by atoms with Gasteiger partial charge in [0.1, 0.15) is 0 Å². The largest absolute Gasteiger partial charge is 0.297 e. The molecule has 22 heavy (non-hydrogen) atoms. The highest BCUT2D eigenvalue weighted by molar-refractivity contribution is 6.09. The van der Waals surface area contributed by atoms with Crippen molar-refractivity contribution in [1.29, 1.82) is 0 Å². The lowest BCUT2D eigenvalue weighted by atomic mass is 10.1. The van der Waals surface area contributed by atoms with Gasteiger partial charge >= 0.3 is 0 Å². The number of hydrazine groups is 1. The number of nitrogens with one attached hydrogen (secondary N) is 2. The molecular weight excluding hydrogens is 282 g/mol. The molecule has 2 N–H and O–H groups in total. The minimum Gasteiger partial charge on any atom is -0.267 e. The van der Waals surface area contributed by atoms with E-state index in [1.165, 1.54) is 6.20 Å². The predicted octanol–water partition coefficient (Wildman–Crippen LogP) is 1.70. The van der Waals surface area contributed by atoms with Crippen molar-refractivity contribution < 1.29 is 9.59 Å². The first-order valence-corrected chi connectivity index (χ1v) is 6.87. The lowest BCUT2D eigenvalue weighted by Gasteiger charge is -2.29. The van der Waals surface area contributed by atoms with Gasteiger partial charge in [-0.25, -0.2) is 10.4 Å². The van der Waals surface area contributed by atoms with E-state index < -0.39 is 17.4 Å². The van der Waals surface area contributed by atoms with Crippen molar-refractivity contribution in [3.63, 3.8) is 0 Å². The summed E-state index contributed by atoms with van der Waals surface area (Å²) in [6, 6.07) is 7.06. The summed E-state index contributed by atoms with van der Waals surface area (Å²) in [7, 11) is 0. The number of H-pyrrole nitrogens is 1. The molecule has 1 aromatic carbocycles. The molecule has 0 atom stereocenters. The van der Waals surface area contributed by atoms with E-state index in [4.69, 9.17) is 0 Å². The Bertz CT molecular complexity index is 673. The highest BCUT2D eigenvalue weighted by atomic mass is 16.2. The average Bonchev–Trinajstić information content (AvgIpc) is 2.96. The number of amides is 2. The van der Waals surface area contributed by atoms with Gasteiger partial charge in [-0.3, -0.25) is 9.59 Å². The van der Waals surface area contributed by atoms with Gasteiger partial charge in [0, 0.05) is 11.1 Å². The second kappa shape index (κ2) is 6.07. The Morgan fingerprint density at radius 1 is 1.23 bits per heavy atom. The molecule has 7 nitrogen and oxygen atoms in total. The number of benzene rings is 1. The fourth-order valence-electron chi connectivity index (χ4n) is 1.86. The maximum absolute atomic E-state index is 12.7. The molecule has 0 bridgehead atoms. The number of nitrogens with zero attached hydrogens (tertiary/aromatic N) is 3. The van der Waals surface area contributed by atoms with Crippen LogP contribution in [0.4, 0.5) is 0 Å². The van der Waals surface area contributed by atoms with Crippen LogP contribution in [-0.2, 0) is 0 Å². The summed E-state index contributed by atoms with van der Waals surface area (Å²) in [4.78, 5) is 25.2. The number of hydrogen-bond acceptors (Lipinski definition) is 5. The smallest absolute Gasteiger partial charge is 0.267 e. The van der Waals surface area contributed by atoms with Crippen molar-refractivity contribution in [3.8, 4) is 0 Å². The van der Waals surface area contributed by atoms with Crippen LogP contribution in [0.3, 0.4) is 0 Å². The van der Waals surface area contributed by atoms with Crippen molar-refractivity contribution in [1.82, 2.24) is 25.8 Å². The zero-order chi connectivity index (χ0) is 16.3. The Morgan fingerprint density at radius 2 is 1.95 bits per heavy atom. The maximum Gasteiger partial charge on any atom is 0.297 e. The van der Waals surface area contributed by atoms with Crippen molar-refractivity contribution in [2.24, 2.45) is 0 Å². The number of hydrogen-bond donors (Lipinski definition) is 2. The van der Waals surface area contributed by atoms with E-state index in [9.17, 15) is 9.59 Å². The van der Waals surface area contributed by atoms with E-state index in [-0.39, 0.29) is 5.69 Å². The number of imide groups is 1. The molecule has 116 valence electrons. The number of rotatable bonds is 3. The summed E-state index contributed by atoms with van der Waals surface area (Å²) in [5, 5.41) is 10.7. The zero-order valence-electron chi connectivity index (χ0n) is 13.0. The summed E-state index contributed by atoms with van der Waals surface area (Å²) >= 11 is 0. The number of carbonyl (C=O) groups is 2. The summed E-state index contributed by atoms with van der Waals surface area (Å²) in [6.45, 7) is 7.47. The van der Waals surface area contributed by atoms with Crippen LogP contribution in [0, 0.1) is 6.92 Å². The van der Waals surface area contributed by atoms with E-state index in [1.54, 1.807) is 18.2 Å². The van der Waals surface area contributed by atoms with Crippen molar-refractivity contribution in [2.45, 2.75) is 33.2 Å². The molecule has 0 saturated heterocycles. The molecule has 0 unspecified atom stereocenters. The number of aromatic nitrogens is 3. The first-order valence-electron chi connectivity index (χ1n) is 6.87. The fraction of sp³-hybridized carbons (Fsp3) is 0.333. The average molecular weight is 301 g/mol. The van der Waals surface area contributed by atoms with Crippen molar-refractivity contribution >= 4 is 11.8 Å². The lowest BCUT2D eigenvalue weighted by molar-refractivity contribution is 0.0448. The minimum absolute atomic E-state index is 0.0674. The van der Waals surface area contributed by atoms with Crippen LogP contribution in [0.2, 0.25) is 0 Å². The van der Waals surface area contributed by atoms with Gasteiger partial charge in [0.25, 0.3) is 11.8 Å². The second-order valence-corrected chi connectivity index (χ2v) is 6.03. The van der Waals surface area contributed by atoms with E-state index in [0.717, 1.165) is 10.6 Å². The molecule has 0 spiro atoms. The fourth-order valence-corrected chi connectivity index (χ4v) is 1.86. The molecule has 0 fully saturated rings. The molecule has 0 radical (unpaired) electrons. The van der Waals surface area contributed by atoms with Gasteiger partial charge in [-0.1, -0.05) is 17.7 Å². The van der Waals surface area contributed by atoms with Crippen LogP contribution in [0.5, 0.6) is 0 Å². The normalized spacial score (nSPS) is 11.3. The summed E-state index contributed by atoms with van der Waals surface area (Å²) in [6.07, 6.45) is 1.28. The molecule has 1 heterocycles. The number of aromatic amines is 1. The first-order chi connectivity index (χ1) is 10.3. The van der Waals surface area contributed by atoms with Gasteiger partial charge in [-0.05, 0) is 39.8 Å². The van der Waals surface area contributed by atoms with Crippen LogP contribution < -0.4 is 5.43 Å². The Labute approximate surface area is 128 Å². The quantitative estimate of drug-likeness (QED) is 0.665. The van der Waals surface area contributed by atoms with Crippen molar-refractivity contribution in [2.75, 3.05) is 0 Å². The third-order valence-electron chi connectivity index (χ3n) is 2.75. The van der Waals surface area contributed by atoms with Gasteiger partial charge in [-0.15, -0.1) is 0 Å². The molecule has 0 aliphatic carbocycles. The summed E-state index contributed by atoms with van der Waals surface area (Å²) in [5.41, 5.74) is 3.87. The summed E-state index contributed by atoms with van der Waals surface area (Å²) < 4.78 is 0. The second-order valence-electron chi connectivity index (χ2n) is 6.03. The Balaban J connectivity index is 2.36. The third kappa shape index (κ3) is 3.76. The van der Waals surface area contributed by atoms with E-state index in [1.807, 2.05) is 33.8 Å². The monoisotopic (exact) mass is 301 g/mol. The molecular formula is C15H19N5O2. The highest BCUT2D eigenvalue weighted by Crippen LogP contribution is 2.11. The van der Waals surface area contributed by atoms with Gasteiger partial charge in [0.05, 0.1) is 6.20 Å². The van der Waals surface area contributed by atoms with Crippen LogP contribution in [0.1, 0.15) is 47.2 Å². The van der Waals surface area contributed by atoms with E-state index in [0.29, 0.717) is 5.56 Å². The molecule has 0 aliphatic rings. The molecule has 1 aromatic heterocycles. The van der Waals surface area contributed by atoms with Gasteiger partial charge in [0.15, 0.2) is 5.69 Å². The van der Waals surface area contributed by atoms with Crippen LogP contribution in [-0.4, -0.2) is 37.8 Å². The minimum atomic E-state index is -0.560. The SMILES string of the molecule is Cc1cccc(C(=O)N(NC(C)(C)C)C(=O)c2cn[nH]n2)c1. The van der Waals surface area contributed by atoms with Gasteiger partial charge in [-0.2, -0.15) is 15.4 Å². The Morgan fingerprint density at radius 3 is 2.50 bits per heavy atom. The Hall–Kier alpha value is -2.54. The van der Waals surface area contributed by atoms with Crippen LogP contribution >= 0.6 is 0 Å². The summed E-state index contributed by atoms with van der Waals surface area (Å²) in [5.74, 6) is -0.998. The molecule has 2 amide bonds. The topological polar surface area (TPSA) is 91.0 Å². The lowest BCUT2D eigenvalue weighted by Crippen LogP contribution is -2.54. The number of aryl methyl sites for hydroxylation is 1. The predicted molar refractivity (Wildman–Crippen MR) is 81.0 cm³/mol. The molecule has 0 aliphatic heterocycles. The van der Waals surface area contributed by atoms with Crippen LogP contribution in [0.25, 0.3) is 0 Å². The van der Waals surface area contributed by atoms with E-state index >= 15 is 0 Å². The first kappa shape index (κ1) is 15.8. The van der Waals surface area contributed by atoms with E-state index in [2.05, 4.69) is 20.8 Å². The van der Waals surface area contributed by atoms with Crippen molar-refractivity contribution in [3.05, 3.63) is 47.3 Å². The molecule has 2 aromatic rings. The number of carbonyl (C=O) groups excluding carboxylic acids is 2. The van der Waals surface area contributed by atoms with Crippen LogP contribution in [0.15, 0.2) is 30.5 Å². The Kier molecular flexibility index (Phi) is 4.37. The molecule has 2 rings (SSSR count). The highest BCUT2D eigenvalue weighted by Gasteiger charge is 2.29.